The molecule has 1 saturated heterocycles. The molecule has 1 fully saturated rings. The van der Waals surface area contributed by atoms with E-state index in [-0.39, 0.29) is 4.57 Å². The van der Waals surface area contributed by atoms with Gasteiger partial charge in [0.25, 0.3) is 0 Å². The van der Waals surface area contributed by atoms with Crippen molar-refractivity contribution in [2.45, 2.75) is 24.1 Å². The number of nitrogens with zero attached hydrogens (tertiary/aromatic N) is 3. The molecule has 7 N–H and O–H groups in total. The fourth-order valence-electron chi connectivity index (χ4n) is 2.18. The van der Waals surface area contributed by atoms with Crippen LogP contribution >= 0.6 is 35.1 Å². The highest BCUT2D eigenvalue weighted by Gasteiger charge is 2.58. The first-order chi connectivity index (χ1) is 15.2. The number of aliphatic hydroxyl groups excluding tert-OH is 1. The maximum Gasteiger partial charge on any atom is 0.490 e. The summed E-state index contributed by atoms with van der Waals surface area (Å²) in [6.07, 6.45) is -7.11. The lowest BCUT2D eigenvalue weighted by Crippen LogP contribution is -2.44. The van der Waals surface area contributed by atoms with Crippen LogP contribution in [0.5, 0.6) is 0 Å². The average Bonchev–Trinajstić information content (AvgIpc) is 2.83. The van der Waals surface area contributed by atoms with Gasteiger partial charge in [-0.1, -0.05) is 0 Å². The Kier molecular flexibility index (Phi) is 7.11. The van der Waals surface area contributed by atoms with Crippen LogP contribution in [0.3, 0.4) is 0 Å². The lowest BCUT2D eigenvalue weighted by Gasteiger charge is -2.23. The van der Waals surface area contributed by atoms with Crippen LogP contribution in [0.15, 0.2) is 11.1 Å². The van der Waals surface area contributed by atoms with Gasteiger partial charge < -0.3 is 35.2 Å². The van der Waals surface area contributed by atoms with Gasteiger partial charge in [-0.15, -0.1) is 0 Å². The minimum Gasteiger partial charge on any atom is -0.386 e. The number of phosphoric ester groups is 1. The first kappa shape index (κ1) is 23.9. The van der Waals surface area contributed by atoms with Crippen molar-refractivity contribution in [2.24, 2.45) is 0 Å². The number of rotatable bonds is 8. The second-order valence-corrected chi connectivity index (χ2v) is 10.1. The van der Waals surface area contributed by atoms with Crippen LogP contribution in [0.25, 0.3) is 0 Å². The monoisotopic (exact) mass is 546 g/mol. The Morgan fingerprint density at radius 2 is 1.97 bits per heavy atom. The van der Waals surface area contributed by atoms with Crippen molar-refractivity contribution in [1.29, 1.82) is 0 Å². The fraction of sp³-hybridized carbons (Fsp3) is 0.500. The molecular formula is C10H13ClFN4O13P3. The van der Waals surface area contributed by atoms with E-state index in [2.05, 4.69) is 23.1 Å². The predicted octanol–water partition coefficient (Wildman–Crippen LogP) is -1.27. The van der Waals surface area contributed by atoms with Gasteiger partial charge in [-0.3, -0.25) is 9.09 Å². The molecule has 22 heteroatoms. The third kappa shape index (κ3) is 6.62. The van der Waals surface area contributed by atoms with Crippen molar-refractivity contribution in [3.8, 4) is 11.3 Å². The van der Waals surface area contributed by atoms with Gasteiger partial charge in [-0.05, 0) is 17.5 Å². The molecule has 0 aromatic carbocycles. The van der Waals surface area contributed by atoms with Gasteiger partial charge in [-0.2, -0.15) is 13.6 Å². The summed E-state index contributed by atoms with van der Waals surface area (Å²) >= 11 is 5.18. The number of aliphatic hydroxyl groups is 1. The first-order valence-corrected chi connectivity index (χ1v) is 12.3. The molecule has 1 aliphatic heterocycles. The number of hydrogen-bond acceptors (Lipinski definition) is 12. The van der Waals surface area contributed by atoms with Crippen molar-refractivity contribution < 1.29 is 63.4 Å². The van der Waals surface area contributed by atoms with Crippen LogP contribution in [-0.4, -0.2) is 63.7 Å². The molecule has 2 heterocycles. The lowest BCUT2D eigenvalue weighted by atomic mass is 9.97. The molecule has 3 unspecified atom stereocenters. The Balaban J connectivity index is 2.40. The van der Waals surface area contributed by atoms with E-state index in [1.165, 1.54) is 0 Å². The third-order valence-corrected chi connectivity index (χ3v) is 7.05. The van der Waals surface area contributed by atoms with Crippen LogP contribution in [0.1, 0.15) is 8.97 Å². The summed E-state index contributed by atoms with van der Waals surface area (Å²) in [5.74, 6) is 1.09. The second kappa shape index (κ2) is 9.53. The van der Waals surface area contributed by atoms with E-state index in [0.29, 0.717) is 6.33 Å². The normalized spacial score (nSPS) is 30.9. The number of aromatic nitrogens is 3. The number of halogens is 2. The maximum absolute atomic E-state index is 15.6. The quantitative estimate of drug-likeness (QED) is 0.164. The Hall–Kier alpha value is -1.28. The third-order valence-electron chi connectivity index (χ3n) is 3.29. The van der Waals surface area contributed by atoms with Crippen molar-refractivity contribution in [3.63, 3.8) is 0 Å². The molecule has 1 aliphatic rings. The van der Waals surface area contributed by atoms with Gasteiger partial charge in [0, 0.05) is 5.38 Å². The molecular weight excluding hydrogens is 531 g/mol. The summed E-state index contributed by atoms with van der Waals surface area (Å²) in [6.45, 7) is -3.79. The minimum atomic E-state index is -6.11. The number of nitrogens with two attached hydrogens (primary N) is 1. The van der Waals surface area contributed by atoms with Crippen molar-refractivity contribution in [2.75, 3.05) is 12.3 Å². The smallest absolute Gasteiger partial charge is 0.386 e. The molecule has 0 spiro atoms. The molecule has 0 aliphatic carbocycles. The Morgan fingerprint density at radius 1 is 1.34 bits per heavy atom. The van der Waals surface area contributed by atoms with Crippen LogP contribution < -0.4 is 11.4 Å². The number of anilines is 1. The number of nitrogen functional groups attached to an aromatic ring is 1. The molecule has 1 aromatic heterocycles. The van der Waals surface area contributed by atoms with Gasteiger partial charge in [0.15, 0.2) is 6.23 Å². The van der Waals surface area contributed by atoms with E-state index in [0.717, 1.165) is 0 Å². The second-order valence-electron chi connectivity index (χ2n) is 5.55. The average molecular weight is 547 g/mol. The van der Waals surface area contributed by atoms with Gasteiger partial charge in [0.2, 0.25) is 11.6 Å². The summed E-state index contributed by atoms with van der Waals surface area (Å²) < 4.78 is 81.2. The predicted molar refractivity (Wildman–Crippen MR) is 97.9 cm³/mol. The standard InChI is InChI=1S/C10H13ClFN4O13P3/c11-2-1-10(12)6(17)5(27-7(10)16-4-14-8(13)15-9(16)18)3-26-31(22,23)29-32(24,25)28-30(19,20)21/h4-7,17H,3H2,(H,22,23)(H,24,25)(H2,13,15,18)(H2,19,20,21)/t5-,6+,7-,10?/m1/s1/i3D2. The van der Waals surface area contributed by atoms with Crippen LogP contribution in [-0.2, 0) is 31.6 Å². The number of alkyl halides is 1. The van der Waals surface area contributed by atoms with Gasteiger partial charge in [-0.25, -0.2) is 27.9 Å². The molecule has 0 radical (unpaired) electrons. The topological polar surface area (TPSA) is 263 Å². The van der Waals surface area contributed by atoms with Gasteiger partial charge in [0.05, 0.1) is 9.30 Å². The molecule has 0 saturated carbocycles. The molecule has 180 valence electrons. The molecule has 0 amide bonds. The van der Waals surface area contributed by atoms with E-state index in [4.69, 9.17) is 39.5 Å². The SMILES string of the molecule is [2H]C([2H])(OP(=O)(O)OP(=O)(O)OP(=O)(O)O)[C@H]1O[C@@H](n2cnc(N)nc2=O)C(F)(C#CCl)[C@H]1O. The van der Waals surface area contributed by atoms with Crippen LogP contribution in [0, 0.1) is 11.3 Å². The summed E-state index contributed by atoms with van der Waals surface area (Å²) in [5, 5.41) is 11.9. The summed E-state index contributed by atoms with van der Waals surface area (Å²) in [6, 6.07) is 0. The zero-order chi connectivity index (χ0) is 26.3. The molecule has 32 heavy (non-hydrogen) atoms. The van der Waals surface area contributed by atoms with E-state index in [1.807, 2.05) is 0 Å². The highest BCUT2D eigenvalue weighted by atomic mass is 35.5. The van der Waals surface area contributed by atoms with E-state index < -0.39 is 65.8 Å². The zero-order valence-corrected chi connectivity index (χ0v) is 18.3. The van der Waals surface area contributed by atoms with Gasteiger partial charge >= 0.3 is 29.2 Å². The Labute approximate surface area is 184 Å². The maximum atomic E-state index is 15.6. The molecule has 17 nitrogen and oxygen atoms in total. The minimum absolute atomic E-state index is 0.279. The highest BCUT2D eigenvalue weighted by molar-refractivity contribution is 7.66. The van der Waals surface area contributed by atoms with E-state index >= 15 is 4.39 Å². The largest absolute Gasteiger partial charge is 0.490 e. The van der Waals surface area contributed by atoms with Crippen LogP contribution in [0.2, 0.25) is 0 Å². The summed E-state index contributed by atoms with van der Waals surface area (Å²) in [7, 11) is -17.9. The zero-order valence-electron chi connectivity index (χ0n) is 16.8. The Bertz CT molecular complexity index is 1220. The number of ether oxygens (including phenoxy) is 1. The van der Waals surface area contributed by atoms with Gasteiger partial charge in [0.1, 0.15) is 18.5 Å². The summed E-state index contributed by atoms with van der Waals surface area (Å²) in [4.78, 5) is 54.3. The van der Waals surface area contributed by atoms with E-state index in [1.54, 1.807) is 11.3 Å². The molecule has 6 atom stereocenters. The fourth-order valence-corrected chi connectivity index (χ4v) is 5.20. The first-order valence-electron chi connectivity index (χ1n) is 8.43. The molecule has 1 aromatic rings. The molecule has 2 rings (SSSR count). The summed E-state index contributed by atoms with van der Waals surface area (Å²) in [5.41, 5.74) is 0.502. The van der Waals surface area contributed by atoms with Crippen molar-refractivity contribution in [3.05, 3.63) is 16.8 Å². The lowest BCUT2D eigenvalue weighted by molar-refractivity contribution is -0.0539. The number of phosphoric acid groups is 3. The Morgan fingerprint density at radius 3 is 2.50 bits per heavy atom. The van der Waals surface area contributed by atoms with Crippen LogP contribution in [0.4, 0.5) is 10.3 Å². The van der Waals surface area contributed by atoms with E-state index in [9.17, 15) is 28.5 Å². The number of hydrogen-bond donors (Lipinski definition) is 6. The van der Waals surface area contributed by atoms with Crippen molar-refractivity contribution >= 4 is 41.0 Å². The van der Waals surface area contributed by atoms with Crippen molar-refractivity contribution in [1.82, 2.24) is 14.5 Å². The molecule has 0 bridgehead atoms. The highest BCUT2D eigenvalue weighted by Crippen LogP contribution is 2.66.